The summed E-state index contributed by atoms with van der Waals surface area (Å²) in [5, 5.41) is 0.973. The van der Waals surface area contributed by atoms with Gasteiger partial charge in [-0.1, -0.05) is 32.9 Å². The van der Waals surface area contributed by atoms with Crippen molar-refractivity contribution >= 4 is 22.1 Å². The molecule has 2 rings (SSSR count). The molecule has 1 N–H and O–H groups in total. The number of nitrogens with zero attached hydrogens (tertiary/aromatic N) is 1. The minimum Gasteiger partial charge on any atom is -0.431 e. The number of nitrogens with one attached hydrogen (secondary N) is 1. The number of benzene rings is 1. The molecule has 0 aliphatic rings. The normalized spacial score (nSPS) is 12.7. The number of rotatable bonds is 4. The fourth-order valence-electron chi connectivity index (χ4n) is 1.56. The topological polar surface area (TPSA) is 72.2 Å². The summed E-state index contributed by atoms with van der Waals surface area (Å²) in [6, 6.07) is 5.37. The summed E-state index contributed by atoms with van der Waals surface area (Å²) in [5.41, 5.74) is 0.971. The molecule has 0 spiro atoms. The summed E-state index contributed by atoms with van der Waals surface area (Å²) >= 11 is 0. The first-order valence-corrected chi connectivity index (χ1v) is 8.13. The van der Waals surface area contributed by atoms with E-state index in [1.165, 1.54) is 36.6 Å². The van der Waals surface area contributed by atoms with Gasteiger partial charge in [0, 0.05) is 5.41 Å². The van der Waals surface area contributed by atoms with E-state index in [0.29, 0.717) is 11.3 Å². The second-order valence-corrected chi connectivity index (χ2v) is 7.36. The van der Waals surface area contributed by atoms with Gasteiger partial charge in [0.1, 0.15) is 12.1 Å². The first-order chi connectivity index (χ1) is 10.2. The molecule has 0 radical (unpaired) electrons. The van der Waals surface area contributed by atoms with E-state index in [1.807, 2.05) is 20.8 Å². The molecule has 0 atom stereocenters. The van der Waals surface area contributed by atoms with E-state index in [2.05, 4.69) is 9.71 Å². The van der Waals surface area contributed by atoms with Crippen LogP contribution in [0.2, 0.25) is 0 Å². The van der Waals surface area contributed by atoms with Crippen LogP contribution in [-0.4, -0.2) is 13.4 Å². The van der Waals surface area contributed by atoms with Crippen LogP contribution in [0.5, 0.6) is 0 Å². The van der Waals surface area contributed by atoms with Crippen LogP contribution in [-0.2, 0) is 15.4 Å². The highest BCUT2D eigenvalue weighted by atomic mass is 32.2. The Labute approximate surface area is 128 Å². The lowest BCUT2D eigenvalue weighted by atomic mass is 9.93. The largest absolute Gasteiger partial charge is 0.431 e. The van der Waals surface area contributed by atoms with Gasteiger partial charge in [-0.05, 0) is 23.8 Å². The fraction of sp³-hybridized carbons (Fsp3) is 0.267. The number of sulfonamides is 1. The smallest absolute Gasteiger partial charge is 0.309 e. The van der Waals surface area contributed by atoms with Gasteiger partial charge in [-0.2, -0.15) is 4.98 Å². The quantitative estimate of drug-likeness (QED) is 0.934. The highest BCUT2D eigenvalue weighted by molar-refractivity contribution is 7.95. The van der Waals surface area contributed by atoms with Crippen LogP contribution in [0.15, 0.2) is 40.4 Å². The van der Waals surface area contributed by atoms with Gasteiger partial charge in [0.25, 0.3) is 10.0 Å². The van der Waals surface area contributed by atoms with E-state index >= 15 is 0 Å². The molecule has 1 aromatic carbocycles. The summed E-state index contributed by atoms with van der Waals surface area (Å²) in [6.45, 7) is 5.83. The van der Waals surface area contributed by atoms with Crippen LogP contribution < -0.4 is 4.72 Å². The molecule has 0 bridgehead atoms. The van der Waals surface area contributed by atoms with Crippen molar-refractivity contribution in [2.24, 2.45) is 0 Å². The summed E-state index contributed by atoms with van der Waals surface area (Å²) in [4.78, 5) is 4.09. The van der Waals surface area contributed by atoms with Crippen molar-refractivity contribution in [1.82, 2.24) is 4.98 Å². The number of halogens is 1. The average molecular weight is 324 g/mol. The van der Waals surface area contributed by atoms with Gasteiger partial charge < -0.3 is 4.42 Å². The highest BCUT2D eigenvalue weighted by Gasteiger charge is 2.20. The Morgan fingerprint density at radius 2 is 1.86 bits per heavy atom. The Balaban J connectivity index is 2.11. The molecule has 0 saturated carbocycles. The Morgan fingerprint density at radius 1 is 1.23 bits per heavy atom. The van der Waals surface area contributed by atoms with Gasteiger partial charge >= 0.3 is 6.01 Å². The first kappa shape index (κ1) is 16.2. The number of anilines is 1. The lowest BCUT2D eigenvalue weighted by Gasteiger charge is -2.12. The Hall–Kier alpha value is -2.15. The summed E-state index contributed by atoms with van der Waals surface area (Å²) in [6.07, 6.45) is 2.77. The van der Waals surface area contributed by atoms with Gasteiger partial charge in [-0.25, -0.2) is 17.5 Å². The van der Waals surface area contributed by atoms with Crippen molar-refractivity contribution in [2.45, 2.75) is 26.2 Å². The van der Waals surface area contributed by atoms with E-state index in [0.717, 1.165) is 5.41 Å². The maximum absolute atomic E-state index is 12.8. The molecule has 1 aromatic heterocycles. The zero-order valence-electron chi connectivity index (χ0n) is 12.5. The number of hydrogen-bond acceptors (Lipinski definition) is 4. The van der Waals surface area contributed by atoms with Crippen molar-refractivity contribution in [1.29, 1.82) is 0 Å². The van der Waals surface area contributed by atoms with Crippen LogP contribution in [0, 0.1) is 5.82 Å². The predicted octanol–water partition coefficient (Wildman–Crippen LogP) is 3.52. The van der Waals surface area contributed by atoms with Gasteiger partial charge in [-0.3, -0.25) is 0 Å². The number of hydrogen-bond donors (Lipinski definition) is 1. The molecular weight excluding hydrogens is 307 g/mol. The molecule has 0 saturated heterocycles. The molecule has 0 amide bonds. The van der Waals surface area contributed by atoms with Crippen LogP contribution in [0.3, 0.4) is 0 Å². The first-order valence-electron chi connectivity index (χ1n) is 6.58. The number of aromatic nitrogens is 1. The van der Waals surface area contributed by atoms with Gasteiger partial charge in [0.2, 0.25) is 0 Å². The second kappa shape index (κ2) is 5.92. The molecule has 7 heteroatoms. The Kier molecular flexibility index (Phi) is 4.37. The van der Waals surface area contributed by atoms with E-state index in [1.54, 1.807) is 0 Å². The van der Waals surface area contributed by atoms with E-state index in [-0.39, 0.29) is 17.2 Å². The third-order valence-corrected chi connectivity index (χ3v) is 3.77. The monoisotopic (exact) mass is 324 g/mol. The second-order valence-electron chi connectivity index (χ2n) is 5.79. The Morgan fingerprint density at radius 3 is 2.41 bits per heavy atom. The standard InChI is InChI=1S/C15H17FN2O3S/c1-15(2,3)13-10-21-14(17-13)18-22(19,20)9-8-11-4-6-12(16)7-5-11/h4-10H,1-3H3,(H,17,18)/b9-8+. The molecule has 0 aliphatic heterocycles. The average Bonchev–Trinajstić information content (AvgIpc) is 2.86. The van der Waals surface area contributed by atoms with Crippen molar-refractivity contribution < 1.29 is 17.2 Å². The van der Waals surface area contributed by atoms with Gasteiger partial charge in [-0.15, -0.1) is 0 Å². The van der Waals surface area contributed by atoms with E-state index in [9.17, 15) is 12.8 Å². The summed E-state index contributed by atoms with van der Waals surface area (Å²) in [7, 11) is -3.76. The van der Waals surface area contributed by atoms with E-state index < -0.39 is 10.0 Å². The predicted molar refractivity (Wildman–Crippen MR) is 83.2 cm³/mol. The molecule has 118 valence electrons. The molecule has 2 aromatic rings. The molecule has 5 nitrogen and oxygen atoms in total. The van der Waals surface area contributed by atoms with Gasteiger partial charge in [0.05, 0.1) is 11.1 Å². The van der Waals surface area contributed by atoms with Crippen molar-refractivity contribution in [2.75, 3.05) is 4.72 Å². The SMILES string of the molecule is CC(C)(C)c1coc(NS(=O)(=O)/C=C/c2ccc(F)cc2)n1. The summed E-state index contributed by atoms with van der Waals surface area (Å²) in [5.74, 6) is -0.382. The zero-order valence-corrected chi connectivity index (χ0v) is 13.3. The fourth-order valence-corrected chi connectivity index (χ4v) is 2.30. The maximum atomic E-state index is 12.8. The van der Waals surface area contributed by atoms with Crippen LogP contribution >= 0.6 is 0 Å². The van der Waals surface area contributed by atoms with Crippen molar-refractivity contribution in [3.05, 3.63) is 53.0 Å². The van der Waals surface area contributed by atoms with Gasteiger partial charge in [0.15, 0.2) is 0 Å². The molecule has 0 unspecified atom stereocenters. The number of oxazole rings is 1. The molecule has 0 fully saturated rings. The lowest BCUT2D eigenvalue weighted by Crippen LogP contribution is -2.13. The lowest BCUT2D eigenvalue weighted by molar-refractivity contribution is 0.544. The molecule has 1 heterocycles. The molecular formula is C15H17FN2O3S. The minimum absolute atomic E-state index is 0.0892. The zero-order chi connectivity index (χ0) is 16.4. The Bertz CT molecular complexity index is 772. The highest BCUT2D eigenvalue weighted by Crippen LogP contribution is 2.23. The summed E-state index contributed by atoms with van der Waals surface area (Å²) < 4.78 is 44.0. The minimum atomic E-state index is -3.76. The van der Waals surface area contributed by atoms with Crippen LogP contribution in [0.4, 0.5) is 10.4 Å². The molecule has 22 heavy (non-hydrogen) atoms. The maximum Gasteiger partial charge on any atom is 0.309 e. The molecule has 0 aliphatic carbocycles. The third kappa shape index (κ3) is 4.42. The van der Waals surface area contributed by atoms with E-state index in [4.69, 9.17) is 4.42 Å². The van der Waals surface area contributed by atoms with Crippen LogP contribution in [0.25, 0.3) is 6.08 Å². The van der Waals surface area contributed by atoms with Crippen molar-refractivity contribution in [3.8, 4) is 0 Å². The van der Waals surface area contributed by atoms with Crippen LogP contribution in [0.1, 0.15) is 32.0 Å². The van der Waals surface area contributed by atoms with Crippen molar-refractivity contribution in [3.63, 3.8) is 0 Å². The third-order valence-electron chi connectivity index (χ3n) is 2.81.